The fourth-order valence-electron chi connectivity index (χ4n) is 1.44. The molecule has 2 aromatic rings. The van der Waals surface area contributed by atoms with Crippen LogP contribution in [0.15, 0.2) is 18.3 Å². The molecule has 15 heavy (non-hydrogen) atoms. The molecule has 0 radical (unpaired) electrons. The monoisotopic (exact) mass is 205 g/mol. The number of hydrogen-bond acceptors (Lipinski definition) is 3. The molecule has 0 spiro atoms. The maximum atomic E-state index is 10.9. The molecule has 0 saturated carbocycles. The Kier molecular flexibility index (Phi) is 2.29. The summed E-state index contributed by atoms with van der Waals surface area (Å²) in [5, 5.41) is 11.9. The largest absolute Gasteiger partial charge is 0.478 e. The minimum absolute atomic E-state index is 0.199. The smallest absolute Gasteiger partial charge is 0.339 e. The van der Waals surface area contributed by atoms with Crippen LogP contribution in [0.3, 0.4) is 0 Å². The summed E-state index contributed by atoms with van der Waals surface area (Å²) in [4.78, 5) is 18.0. The van der Waals surface area contributed by atoms with Crippen molar-refractivity contribution in [1.82, 2.24) is 9.97 Å². The first-order chi connectivity index (χ1) is 7.22. The average Bonchev–Trinajstić information content (AvgIpc) is 2.61. The molecule has 0 aliphatic carbocycles. The highest BCUT2D eigenvalue weighted by Gasteiger charge is 2.11. The van der Waals surface area contributed by atoms with Gasteiger partial charge in [-0.05, 0) is 19.1 Å². The second-order valence-corrected chi connectivity index (χ2v) is 3.13. The van der Waals surface area contributed by atoms with Gasteiger partial charge in [-0.25, -0.2) is 9.78 Å². The van der Waals surface area contributed by atoms with E-state index < -0.39 is 5.97 Å². The highest BCUT2D eigenvalue weighted by molar-refractivity contribution is 6.01. The topological polar surface area (TPSA) is 78.0 Å². The Morgan fingerprint density at radius 3 is 3.07 bits per heavy atom. The number of fused-ring (bicyclic) bond motifs is 1. The van der Waals surface area contributed by atoms with Gasteiger partial charge in [0, 0.05) is 12.7 Å². The molecule has 3 N–H and O–H groups in total. The number of carbonyl (C=O) groups is 1. The minimum Gasteiger partial charge on any atom is -0.478 e. The summed E-state index contributed by atoms with van der Waals surface area (Å²) in [5.74, 6) is -0.283. The van der Waals surface area contributed by atoms with E-state index in [-0.39, 0.29) is 5.56 Å². The van der Waals surface area contributed by atoms with Gasteiger partial charge in [0.15, 0.2) is 0 Å². The number of nitrogens with zero attached hydrogens (tertiary/aromatic N) is 1. The molecule has 0 aliphatic heterocycles. The Bertz CT molecular complexity index is 504. The van der Waals surface area contributed by atoms with Crippen molar-refractivity contribution in [2.75, 3.05) is 11.9 Å². The third-order valence-corrected chi connectivity index (χ3v) is 2.11. The van der Waals surface area contributed by atoms with Crippen LogP contribution in [0.1, 0.15) is 17.3 Å². The average molecular weight is 205 g/mol. The predicted octanol–water partition coefficient (Wildman–Crippen LogP) is 1.69. The van der Waals surface area contributed by atoms with Crippen molar-refractivity contribution in [3.63, 3.8) is 0 Å². The highest BCUT2D eigenvalue weighted by Crippen LogP contribution is 2.18. The van der Waals surface area contributed by atoms with Crippen LogP contribution in [0.5, 0.6) is 0 Å². The Hall–Kier alpha value is -2.04. The molecule has 0 amide bonds. The van der Waals surface area contributed by atoms with Gasteiger partial charge in [-0.1, -0.05) is 0 Å². The molecule has 0 bridgehead atoms. The Morgan fingerprint density at radius 2 is 2.40 bits per heavy atom. The summed E-state index contributed by atoms with van der Waals surface area (Å²) in [5.41, 5.74) is 1.42. The molecule has 2 rings (SSSR count). The number of carboxylic acids is 1. The molecular weight excluding hydrogens is 194 g/mol. The Labute approximate surface area is 86.1 Å². The van der Waals surface area contributed by atoms with Gasteiger partial charge in [0.2, 0.25) is 0 Å². The van der Waals surface area contributed by atoms with Gasteiger partial charge in [-0.15, -0.1) is 0 Å². The van der Waals surface area contributed by atoms with Crippen LogP contribution in [0.2, 0.25) is 0 Å². The molecular formula is C10H11N3O2. The lowest BCUT2D eigenvalue weighted by Gasteiger charge is -2.01. The summed E-state index contributed by atoms with van der Waals surface area (Å²) < 4.78 is 0. The molecule has 0 aliphatic rings. The van der Waals surface area contributed by atoms with Crippen LogP contribution in [-0.4, -0.2) is 27.6 Å². The number of rotatable bonds is 3. The van der Waals surface area contributed by atoms with Crippen molar-refractivity contribution in [2.24, 2.45) is 0 Å². The van der Waals surface area contributed by atoms with E-state index in [2.05, 4.69) is 15.3 Å². The first-order valence-corrected chi connectivity index (χ1v) is 4.67. The number of pyridine rings is 1. The second kappa shape index (κ2) is 3.61. The molecule has 2 heterocycles. The van der Waals surface area contributed by atoms with Crippen molar-refractivity contribution in [1.29, 1.82) is 0 Å². The van der Waals surface area contributed by atoms with E-state index in [0.717, 1.165) is 12.1 Å². The summed E-state index contributed by atoms with van der Waals surface area (Å²) >= 11 is 0. The zero-order chi connectivity index (χ0) is 10.8. The van der Waals surface area contributed by atoms with E-state index in [1.165, 1.54) is 6.20 Å². The number of aromatic carboxylic acids is 1. The number of carboxylic acid groups (broad SMARTS) is 1. The zero-order valence-corrected chi connectivity index (χ0v) is 8.24. The van der Waals surface area contributed by atoms with Crippen LogP contribution in [0.25, 0.3) is 11.0 Å². The van der Waals surface area contributed by atoms with Gasteiger partial charge in [-0.3, -0.25) is 0 Å². The SMILES string of the molecule is CCNc1ccc2[nH]cc(C(=O)O)c2n1. The fraction of sp³-hybridized carbons (Fsp3) is 0.200. The molecule has 2 aromatic heterocycles. The van der Waals surface area contributed by atoms with Gasteiger partial charge in [0.1, 0.15) is 16.9 Å². The van der Waals surface area contributed by atoms with Gasteiger partial charge < -0.3 is 15.4 Å². The van der Waals surface area contributed by atoms with Gasteiger partial charge in [0.25, 0.3) is 0 Å². The first kappa shape index (κ1) is 9.51. The number of aromatic amines is 1. The molecule has 0 fully saturated rings. The molecule has 0 saturated heterocycles. The lowest BCUT2D eigenvalue weighted by Crippen LogP contribution is -2.00. The maximum Gasteiger partial charge on any atom is 0.339 e. The normalized spacial score (nSPS) is 10.5. The van der Waals surface area contributed by atoms with E-state index in [9.17, 15) is 4.79 Å². The van der Waals surface area contributed by atoms with Gasteiger partial charge in [0.05, 0.1) is 5.52 Å². The van der Waals surface area contributed by atoms with E-state index in [1.54, 1.807) is 0 Å². The van der Waals surface area contributed by atoms with E-state index >= 15 is 0 Å². The molecule has 0 aromatic carbocycles. The van der Waals surface area contributed by atoms with Crippen molar-refractivity contribution >= 4 is 22.8 Å². The van der Waals surface area contributed by atoms with Crippen molar-refractivity contribution in [2.45, 2.75) is 6.92 Å². The minimum atomic E-state index is -0.970. The van der Waals surface area contributed by atoms with E-state index in [0.29, 0.717) is 11.3 Å². The van der Waals surface area contributed by atoms with Gasteiger partial charge in [-0.2, -0.15) is 0 Å². The molecule has 0 unspecified atom stereocenters. The van der Waals surface area contributed by atoms with Crippen molar-refractivity contribution in [3.05, 3.63) is 23.9 Å². The standard InChI is InChI=1S/C10H11N3O2/c1-2-11-8-4-3-7-9(13-8)6(5-12-7)10(14)15/h3-5,12H,2H2,1H3,(H,11,13)(H,14,15). The maximum absolute atomic E-state index is 10.9. The highest BCUT2D eigenvalue weighted by atomic mass is 16.4. The van der Waals surface area contributed by atoms with Crippen LogP contribution >= 0.6 is 0 Å². The third kappa shape index (κ3) is 1.63. The van der Waals surface area contributed by atoms with E-state index in [1.807, 2.05) is 19.1 Å². The predicted molar refractivity (Wildman–Crippen MR) is 57.2 cm³/mol. The molecule has 5 heteroatoms. The van der Waals surface area contributed by atoms with Crippen LogP contribution in [0.4, 0.5) is 5.82 Å². The number of H-pyrrole nitrogens is 1. The number of nitrogens with one attached hydrogen (secondary N) is 2. The fourth-order valence-corrected chi connectivity index (χ4v) is 1.44. The number of aromatic nitrogens is 2. The lowest BCUT2D eigenvalue weighted by molar-refractivity contribution is 0.0699. The summed E-state index contributed by atoms with van der Waals surface area (Å²) in [6.45, 7) is 2.71. The Morgan fingerprint density at radius 1 is 1.60 bits per heavy atom. The van der Waals surface area contributed by atoms with E-state index in [4.69, 9.17) is 5.11 Å². The number of hydrogen-bond donors (Lipinski definition) is 3. The molecule has 5 nitrogen and oxygen atoms in total. The van der Waals surface area contributed by atoms with Crippen molar-refractivity contribution < 1.29 is 9.90 Å². The van der Waals surface area contributed by atoms with Crippen LogP contribution < -0.4 is 5.32 Å². The Balaban J connectivity index is 2.56. The molecule has 78 valence electrons. The first-order valence-electron chi connectivity index (χ1n) is 4.67. The number of anilines is 1. The van der Waals surface area contributed by atoms with Gasteiger partial charge >= 0.3 is 5.97 Å². The molecule has 0 atom stereocenters. The quantitative estimate of drug-likeness (QED) is 0.712. The summed E-state index contributed by atoms with van der Waals surface area (Å²) in [7, 11) is 0. The zero-order valence-electron chi connectivity index (χ0n) is 8.24. The summed E-state index contributed by atoms with van der Waals surface area (Å²) in [6.07, 6.45) is 1.45. The van der Waals surface area contributed by atoms with Crippen molar-refractivity contribution in [3.8, 4) is 0 Å². The van der Waals surface area contributed by atoms with Crippen LogP contribution in [-0.2, 0) is 0 Å². The third-order valence-electron chi connectivity index (χ3n) is 2.11. The second-order valence-electron chi connectivity index (χ2n) is 3.13. The lowest BCUT2D eigenvalue weighted by atomic mass is 10.2. The van der Waals surface area contributed by atoms with Crippen LogP contribution in [0, 0.1) is 0 Å². The summed E-state index contributed by atoms with van der Waals surface area (Å²) in [6, 6.07) is 3.63.